The Morgan fingerprint density at radius 3 is 3.00 bits per heavy atom. The Balaban J connectivity index is 2.56. The summed E-state index contributed by atoms with van der Waals surface area (Å²) in [5.74, 6) is 0. The van der Waals surface area contributed by atoms with Crippen LogP contribution >= 0.6 is 0 Å². The van der Waals surface area contributed by atoms with E-state index in [0.717, 1.165) is 19.4 Å². The highest BCUT2D eigenvalue weighted by Crippen LogP contribution is 2.21. The first-order valence-corrected chi connectivity index (χ1v) is 3.44. The molecule has 0 aliphatic carbocycles. The van der Waals surface area contributed by atoms with Gasteiger partial charge >= 0.3 is 0 Å². The zero-order valence-corrected chi connectivity index (χ0v) is 6.09. The summed E-state index contributed by atoms with van der Waals surface area (Å²) in [6.45, 7) is 3.27. The van der Waals surface area contributed by atoms with E-state index in [1.165, 1.54) is 0 Å². The normalized spacial score (nSPS) is 32.9. The molecule has 1 fully saturated rings. The van der Waals surface area contributed by atoms with Crippen molar-refractivity contribution >= 4 is 6.08 Å². The summed E-state index contributed by atoms with van der Waals surface area (Å²) in [6, 6.07) is 0. The van der Waals surface area contributed by atoms with Gasteiger partial charge in [-0.25, -0.2) is 4.79 Å². The second-order valence-electron chi connectivity index (χ2n) is 2.86. The average Bonchev–Trinajstić information content (AvgIpc) is 1.89. The van der Waals surface area contributed by atoms with E-state index in [9.17, 15) is 4.79 Å². The van der Waals surface area contributed by atoms with Gasteiger partial charge in [0.2, 0.25) is 6.08 Å². The molecule has 1 unspecified atom stereocenters. The minimum atomic E-state index is -0.292. The van der Waals surface area contributed by atoms with Gasteiger partial charge in [0.15, 0.2) is 0 Å². The predicted molar refractivity (Wildman–Crippen MR) is 36.6 cm³/mol. The Bertz CT molecular complexity index is 155. The first-order valence-electron chi connectivity index (χ1n) is 3.44. The summed E-state index contributed by atoms with van der Waals surface area (Å²) in [6.07, 6.45) is 3.49. The maximum absolute atomic E-state index is 9.93. The molecule has 0 aromatic heterocycles. The Hall–Kier alpha value is -0.660. The Morgan fingerprint density at radius 1 is 1.70 bits per heavy atom. The fraction of sp³-hybridized carbons (Fsp3) is 0.857. The molecule has 0 aromatic rings. The largest absolute Gasteiger partial charge is 0.379 e. The van der Waals surface area contributed by atoms with Crippen molar-refractivity contribution < 1.29 is 9.53 Å². The summed E-state index contributed by atoms with van der Waals surface area (Å²) in [5, 5.41) is 0. The van der Waals surface area contributed by atoms with Crippen LogP contribution in [0.25, 0.3) is 0 Å². The molecule has 56 valence electrons. The highest BCUT2D eigenvalue weighted by atomic mass is 16.5. The van der Waals surface area contributed by atoms with Crippen molar-refractivity contribution in [2.24, 2.45) is 4.99 Å². The molecule has 1 aliphatic heterocycles. The molecule has 0 aromatic carbocycles. The lowest BCUT2D eigenvalue weighted by Gasteiger charge is -2.27. The van der Waals surface area contributed by atoms with Gasteiger partial charge in [0.05, 0.1) is 12.1 Å². The number of isocyanates is 1. The van der Waals surface area contributed by atoms with E-state index in [-0.39, 0.29) is 5.54 Å². The van der Waals surface area contributed by atoms with Gasteiger partial charge in [-0.2, -0.15) is 4.99 Å². The molecule has 1 rings (SSSR count). The second kappa shape index (κ2) is 2.95. The van der Waals surface area contributed by atoms with Crippen LogP contribution in [0.2, 0.25) is 0 Å². The number of hydrogen-bond donors (Lipinski definition) is 0. The van der Waals surface area contributed by atoms with Crippen LogP contribution in [0.1, 0.15) is 19.8 Å². The minimum absolute atomic E-state index is 0.292. The molecule has 0 bridgehead atoms. The first-order chi connectivity index (χ1) is 4.77. The average molecular weight is 141 g/mol. The van der Waals surface area contributed by atoms with Crippen LogP contribution in [0.15, 0.2) is 4.99 Å². The van der Waals surface area contributed by atoms with Gasteiger partial charge in [-0.15, -0.1) is 0 Å². The Labute approximate surface area is 60.1 Å². The van der Waals surface area contributed by atoms with Gasteiger partial charge in [0.1, 0.15) is 0 Å². The number of carbonyl (C=O) groups excluding carboxylic acids is 1. The van der Waals surface area contributed by atoms with Crippen LogP contribution in [-0.4, -0.2) is 24.8 Å². The number of nitrogens with zero attached hydrogens (tertiary/aromatic N) is 1. The van der Waals surface area contributed by atoms with Crippen molar-refractivity contribution in [3.8, 4) is 0 Å². The van der Waals surface area contributed by atoms with Crippen LogP contribution in [0.5, 0.6) is 0 Å². The van der Waals surface area contributed by atoms with E-state index < -0.39 is 0 Å². The fourth-order valence-electron chi connectivity index (χ4n) is 1.12. The highest BCUT2D eigenvalue weighted by molar-refractivity contribution is 5.34. The molecule has 1 heterocycles. The van der Waals surface area contributed by atoms with Crippen molar-refractivity contribution in [2.75, 3.05) is 13.2 Å². The summed E-state index contributed by atoms with van der Waals surface area (Å²) in [4.78, 5) is 13.6. The standard InChI is InChI=1S/C7H11NO2/c1-7(8-6-9)3-2-4-10-5-7/h2-5H2,1H3. The number of aliphatic imine (C=N–C) groups is 1. The summed E-state index contributed by atoms with van der Waals surface area (Å²) in [7, 11) is 0. The minimum Gasteiger partial charge on any atom is -0.379 e. The third kappa shape index (κ3) is 1.66. The summed E-state index contributed by atoms with van der Waals surface area (Å²) in [5.41, 5.74) is -0.292. The molecule has 1 saturated heterocycles. The van der Waals surface area contributed by atoms with Crippen molar-refractivity contribution in [1.82, 2.24) is 0 Å². The van der Waals surface area contributed by atoms with Crippen LogP contribution in [0.4, 0.5) is 0 Å². The Kier molecular flexibility index (Phi) is 2.20. The summed E-state index contributed by atoms with van der Waals surface area (Å²) >= 11 is 0. The number of hydrogen-bond acceptors (Lipinski definition) is 3. The van der Waals surface area contributed by atoms with Gasteiger partial charge in [0.25, 0.3) is 0 Å². The molecule has 3 heteroatoms. The van der Waals surface area contributed by atoms with Crippen molar-refractivity contribution in [3.05, 3.63) is 0 Å². The molecule has 0 spiro atoms. The lowest BCUT2D eigenvalue weighted by Crippen LogP contribution is -2.33. The molecule has 0 radical (unpaired) electrons. The molecule has 0 saturated carbocycles. The molecule has 1 aliphatic rings. The van der Waals surface area contributed by atoms with E-state index in [0.29, 0.717) is 6.61 Å². The maximum Gasteiger partial charge on any atom is 0.235 e. The molecule has 0 N–H and O–H groups in total. The lowest BCUT2D eigenvalue weighted by atomic mass is 9.96. The van der Waals surface area contributed by atoms with Crippen LogP contribution < -0.4 is 0 Å². The zero-order valence-electron chi connectivity index (χ0n) is 6.09. The fourth-order valence-corrected chi connectivity index (χ4v) is 1.12. The topological polar surface area (TPSA) is 38.7 Å². The third-order valence-electron chi connectivity index (χ3n) is 1.73. The van der Waals surface area contributed by atoms with E-state index in [4.69, 9.17) is 4.74 Å². The smallest absolute Gasteiger partial charge is 0.235 e. The van der Waals surface area contributed by atoms with Crippen LogP contribution in [0, 0.1) is 0 Å². The second-order valence-corrected chi connectivity index (χ2v) is 2.86. The van der Waals surface area contributed by atoms with Gasteiger partial charge < -0.3 is 4.74 Å². The van der Waals surface area contributed by atoms with E-state index in [2.05, 4.69) is 4.99 Å². The molecule has 3 nitrogen and oxygen atoms in total. The van der Waals surface area contributed by atoms with Crippen LogP contribution in [-0.2, 0) is 9.53 Å². The molecule has 0 amide bonds. The lowest BCUT2D eigenvalue weighted by molar-refractivity contribution is 0.0468. The van der Waals surface area contributed by atoms with Gasteiger partial charge in [-0.1, -0.05) is 0 Å². The predicted octanol–water partition coefficient (Wildman–Crippen LogP) is 0.891. The van der Waals surface area contributed by atoms with E-state index in [1.54, 1.807) is 6.08 Å². The van der Waals surface area contributed by atoms with Crippen molar-refractivity contribution in [1.29, 1.82) is 0 Å². The monoisotopic (exact) mass is 141 g/mol. The summed E-state index contributed by atoms with van der Waals surface area (Å²) < 4.78 is 5.16. The van der Waals surface area contributed by atoms with E-state index in [1.807, 2.05) is 6.92 Å². The quantitative estimate of drug-likeness (QED) is 0.402. The number of rotatable bonds is 1. The third-order valence-corrected chi connectivity index (χ3v) is 1.73. The first kappa shape index (κ1) is 7.45. The van der Waals surface area contributed by atoms with Gasteiger partial charge in [-0.05, 0) is 19.8 Å². The van der Waals surface area contributed by atoms with Gasteiger partial charge in [0, 0.05) is 6.61 Å². The molecular formula is C7H11NO2. The molecule has 10 heavy (non-hydrogen) atoms. The van der Waals surface area contributed by atoms with E-state index >= 15 is 0 Å². The molecular weight excluding hydrogens is 130 g/mol. The SMILES string of the molecule is CC1(N=C=O)CCCOC1. The Morgan fingerprint density at radius 2 is 2.50 bits per heavy atom. The molecule has 1 atom stereocenters. The zero-order chi connectivity index (χ0) is 7.45. The van der Waals surface area contributed by atoms with Gasteiger partial charge in [-0.3, -0.25) is 0 Å². The maximum atomic E-state index is 9.93. The highest BCUT2D eigenvalue weighted by Gasteiger charge is 2.26. The van der Waals surface area contributed by atoms with Crippen LogP contribution in [0.3, 0.4) is 0 Å². The van der Waals surface area contributed by atoms with Crippen molar-refractivity contribution in [3.63, 3.8) is 0 Å². The number of ether oxygens (including phenoxy) is 1. The van der Waals surface area contributed by atoms with Crippen molar-refractivity contribution in [2.45, 2.75) is 25.3 Å².